The van der Waals surface area contributed by atoms with Gasteiger partial charge in [-0.15, -0.1) is 0 Å². The summed E-state index contributed by atoms with van der Waals surface area (Å²) in [5.41, 5.74) is -0.318. The van der Waals surface area contributed by atoms with Crippen molar-refractivity contribution >= 4 is 6.47 Å². The van der Waals surface area contributed by atoms with Gasteiger partial charge in [0.2, 0.25) is 0 Å². The van der Waals surface area contributed by atoms with Gasteiger partial charge in [-0.3, -0.25) is 4.79 Å². The fourth-order valence-corrected chi connectivity index (χ4v) is 1.42. The molecule has 0 aliphatic carbocycles. The molecule has 3 nitrogen and oxygen atoms in total. The molecule has 1 rings (SSSR count). The first-order chi connectivity index (χ1) is 6.99. The number of carbonyl (C=O) groups excluding carboxylic acids is 1. The van der Waals surface area contributed by atoms with Crippen LogP contribution in [0.4, 0.5) is 0 Å². The van der Waals surface area contributed by atoms with Gasteiger partial charge < -0.3 is 10.1 Å². The molecule has 1 heterocycles. The monoisotopic (exact) mass is 215 g/mol. The van der Waals surface area contributed by atoms with Crippen LogP contribution in [0.3, 0.4) is 0 Å². The van der Waals surface area contributed by atoms with E-state index in [4.69, 9.17) is 0 Å². The first kappa shape index (κ1) is 14.4. The van der Waals surface area contributed by atoms with Crippen LogP contribution in [-0.2, 0) is 9.53 Å². The van der Waals surface area contributed by atoms with Gasteiger partial charge in [0.05, 0.1) is 0 Å². The van der Waals surface area contributed by atoms with Gasteiger partial charge in [0.25, 0.3) is 6.47 Å². The topological polar surface area (TPSA) is 38.3 Å². The lowest BCUT2D eigenvalue weighted by Gasteiger charge is -2.21. The third-order valence-electron chi connectivity index (χ3n) is 2.31. The van der Waals surface area contributed by atoms with Crippen molar-refractivity contribution in [1.82, 2.24) is 5.32 Å². The average molecular weight is 215 g/mol. The maximum Gasteiger partial charge on any atom is 0.293 e. The normalized spacial score (nSPS) is 21.2. The molecule has 0 aromatic carbocycles. The molecule has 1 atom stereocenters. The predicted molar refractivity (Wildman–Crippen MR) is 62.8 cm³/mol. The van der Waals surface area contributed by atoms with Crippen LogP contribution >= 0.6 is 0 Å². The van der Waals surface area contributed by atoms with Crippen molar-refractivity contribution < 1.29 is 9.53 Å². The van der Waals surface area contributed by atoms with Gasteiger partial charge in [-0.25, -0.2) is 0 Å². The number of carbonyl (C=O) groups is 1. The molecule has 0 bridgehead atoms. The Bertz CT molecular complexity index is 157. The summed E-state index contributed by atoms with van der Waals surface area (Å²) in [4.78, 5) is 9.60. The minimum absolute atomic E-state index is 0.318. The third-order valence-corrected chi connectivity index (χ3v) is 2.31. The van der Waals surface area contributed by atoms with Crippen molar-refractivity contribution in [1.29, 1.82) is 0 Å². The third kappa shape index (κ3) is 9.73. The summed E-state index contributed by atoms with van der Waals surface area (Å²) in [6.07, 6.45) is 5.53. The smallest absolute Gasteiger partial charge is 0.293 e. The summed E-state index contributed by atoms with van der Waals surface area (Å²) in [6, 6.07) is 0.837. The van der Waals surface area contributed by atoms with E-state index in [0.29, 0.717) is 6.47 Å². The quantitative estimate of drug-likeness (QED) is 0.719. The van der Waals surface area contributed by atoms with E-state index in [1.54, 1.807) is 0 Å². The van der Waals surface area contributed by atoms with E-state index >= 15 is 0 Å². The maximum atomic E-state index is 9.60. The molecule has 0 saturated carbocycles. The Morgan fingerprint density at radius 1 is 1.40 bits per heavy atom. The Morgan fingerprint density at radius 3 is 2.27 bits per heavy atom. The molecule has 90 valence electrons. The zero-order valence-corrected chi connectivity index (χ0v) is 10.5. The van der Waals surface area contributed by atoms with Crippen molar-refractivity contribution in [2.45, 2.75) is 65.0 Å². The van der Waals surface area contributed by atoms with Crippen molar-refractivity contribution in [2.24, 2.45) is 0 Å². The Hall–Kier alpha value is -0.570. The molecule has 0 aromatic heterocycles. The molecule has 1 saturated heterocycles. The molecule has 1 N–H and O–H groups in total. The molecule has 1 unspecified atom stereocenters. The van der Waals surface area contributed by atoms with E-state index in [0.717, 1.165) is 6.04 Å². The van der Waals surface area contributed by atoms with Gasteiger partial charge >= 0.3 is 0 Å². The van der Waals surface area contributed by atoms with E-state index in [2.05, 4.69) is 17.0 Å². The molecule has 0 spiro atoms. The van der Waals surface area contributed by atoms with E-state index in [1.165, 1.54) is 32.2 Å². The zero-order valence-electron chi connectivity index (χ0n) is 10.5. The molecule has 15 heavy (non-hydrogen) atoms. The Morgan fingerprint density at radius 2 is 2.07 bits per heavy atom. The average Bonchev–Trinajstić information content (AvgIpc) is 2.18. The second kappa shape index (κ2) is 7.69. The minimum Gasteiger partial charge on any atom is -0.462 e. The number of ether oxygens (including phenoxy) is 1. The highest BCUT2D eigenvalue weighted by molar-refractivity contribution is 5.37. The summed E-state index contributed by atoms with van der Waals surface area (Å²) >= 11 is 0. The van der Waals surface area contributed by atoms with Crippen LogP contribution in [0.15, 0.2) is 0 Å². The Balaban J connectivity index is 0.000000265. The van der Waals surface area contributed by atoms with E-state index in [-0.39, 0.29) is 5.60 Å². The summed E-state index contributed by atoms with van der Waals surface area (Å²) in [5.74, 6) is 0. The van der Waals surface area contributed by atoms with Crippen LogP contribution in [0.25, 0.3) is 0 Å². The highest BCUT2D eigenvalue weighted by Crippen LogP contribution is 2.08. The van der Waals surface area contributed by atoms with Gasteiger partial charge in [0, 0.05) is 6.04 Å². The van der Waals surface area contributed by atoms with Crippen molar-refractivity contribution in [3.05, 3.63) is 0 Å². The van der Waals surface area contributed by atoms with Gasteiger partial charge in [-0.1, -0.05) is 13.3 Å². The molecule has 0 radical (unpaired) electrons. The molecule has 3 heteroatoms. The van der Waals surface area contributed by atoms with Crippen LogP contribution in [0.5, 0.6) is 0 Å². The maximum absolute atomic E-state index is 9.60. The lowest BCUT2D eigenvalue weighted by atomic mass is 10.0. The Labute approximate surface area is 93.6 Å². The van der Waals surface area contributed by atoms with Crippen LogP contribution in [0.2, 0.25) is 0 Å². The van der Waals surface area contributed by atoms with Crippen molar-refractivity contribution in [3.63, 3.8) is 0 Å². The predicted octanol–water partition coefficient (Wildman–Crippen LogP) is 2.50. The van der Waals surface area contributed by atoms with Gasteiger partial charge in [-0.2, -0.15) is 0 Å². The lowest BCUT2D eigenvalue weighted by Crippen LogP contribution is -2.32. The summed E-state index contributed by atoms with van der Waals surface area (Å²) in [5, 5.41) is 3.47. The standard InChI is InChI=1S/C7H15N.C5H10O2/c1-2-7-5-3-4-6-8-7;1-5(2,3)7-4-6/h7-8H,2-6H2,1H3;4H,1-3H3. The molecule has 0 amide bonds. The number of hydrogen-bond donors (Lipinski definition) is 1. The highest BCUT2D eigenvalue weighted by Gasteiger charge is 2.08. The van der Waals surface area contributed by atoms with Crippen molar-refractivity contribution in [2.75, 3.05) is 6.54 Å². The molecule has 0 aromatic rings. The fraction of sp³-hybridized carbons (Fsp3) is 0.917. The van der Waals surface area contributed by atoms with Crippen molar-refractivity contribution in [3.8, 4) is 0 Å². The number of nitrogens with one attached hydrogen (secondary N) is 1. The van der Waals surface area contributed by atoms with E-state index in [1.807, 2.05) is 20.8 Å². The van der Waals surface area contributed by atoms with Crippen LogP contribution in [-0.4, -0.2) is 24.7 Å². The summed E-state index contributed by atoms with van der Waals surface area (Å²) in [7, 11) is 0. The molecule has 1 fully saturated rings. The number of piperidine rings is 1. The summed E-state index contributed by atoms with van der Waals surface area (Å²) in [6.45, 7) is 9.42. The van der Waals surface area contributed by atoms with Crippen LogP contribution in [0, 0.1) is 0 Å². The minimum atomic E-state index is -0.318. The second-order valence-electron chi connectivity index (χ2n) is 4.88. The summed E-state index contributed by atoms with van der Waals surface area (Å²) < 4.78 is 4.55. The molecule has 1 aliphatic heterocycles. The first-order valence-corrected chi connectivity index (χ1v) is 5.84. The number of hydrogen-bond acceptors (Lipinski definition) is 3. The SMILES string of the molecule is CC(C)(C)OC=O.CCC1CCCCN1. The molecular formula is C12H25NO2. The van der Waals surface area contributed by atoms with Gasteiger partial charge in [-0.05, 0) is 46.6 Å². The molecular weight excluding hydrogens is 190 g/mol. The van der Waals surface area contributed by atoms with E-state index in [9.17, 15) is 4.79 Å². The second-order valence-corrected chi connectivity index (χ2v) is 4.88. The first-order valence-electron chi connectivity index (χ1n) is 5.84. The Kier molecular flexibility index (Phi) is 7.39. The van der Waals surface area contributed by atoms with Gasteiger partial charge in [0.1, 0.15) is 5.60 Å². The molecule has 1 aliphatic rings. The zero-order chi connectivity index (χ0) is 11.7. The highest BCUT2D eigenvalue weighted by atomic mass is 16.5. The number of rotatable bonds is 2. The van der Waals surface area contributed by atoms with Crippen LogP contribution in [0.1, 0.15) is 53.4 Å². The van der Waals surface area contributed by atoms with Gasteiger partial charge in [0.15, 0.2) is 0 Å². The fourth-order valence-electron chi connectivity index (χ4n) is 1.42. The van der Waals surface area contributed by atoms with E-state index < -0.39 is 0 Å². The largest absolute Gasteiger partial charge is 0.462 e. The van der Waals surface area contributed by atoms with Crippen LogP contribution < -0.4 is 5.32 Å². The lowest BCUT2D eigenvalue weighted by molar-refractivity contribution is -0.138.